The van der Waals surface area contributed by atoms with Crippen LogP contribution in [0.4, 0.5) is 13.2 Å². The van der Waals surface area contributed by atoms with Gasteiger partial charge in [0.25, 0.3) is 0 Å². The van der Waals surface area contributed by atoms with Gasteiger partial charge in [-0.25, -0.2) is 0 Å². The van der Waals surface area contributed by atoms with E-state index in [2.05, 4.69) is 0 Å². The van der Waals surface area contributed by atoms with Gasteiger partial charge in [0.1, 0.15) is 4.91 Å². The van der Waals surface area contributed by atoms with Crippen LogP contribution in [-0.4, -0.2) is 16.4 Å². The molecule has 0 aromatic heterocycles. The molecule has 0 rings (SSSR count). The Balaban J connectivity index is 5.06. The minimum atomic E-state index is -4.59. The van der Waals surface area contributed by atoms with E-state index < -0.39 is 21.3 Å². The first-order valence-corrected chi connectivity index (χ1v) is 5.42. The molecule has 0 atom stereocenters. The number of rotatable bonds is 2. The van der Waals surface area contributed by atoms with Crippen molar-refractivity contribution < 1.29 is 22.8 Å². The zero-order chi connectivity index (χ0) is 12.2. The Bertz CT molecular complexity index is 307. The highest BCUT2D eigenvalue weighted by Crippen LogP contribution is 2.40. The third-order valence-electron chi connectivity index (χ3n) is 1.12. The van der Waals surface area contributed by atoms with Gasteiger partial charge in [-0.2, -0.15) is 13.2 Å². The number of carbonyl (C=O) groups excluding carboxylic acids is 2. The lowest BCUT2D eigenvalue weighted by atomic mass is 10.5. The van der Waals surface area contributed by atoms with Crippen molar-refractivity contribution in [2.75, 3.05) is 0 Å². The first-order valence-electron chi connectivity index (χ1n) is 3.79. The van der Waals surface area contributed by atoms with Crippen LogP contribution in [0, 0.1) is 0 Å². The summed E-state index contributed by atoms with van der Waals surface area (Å²) in [6, 6.07) is 0. The maximum absolute atomic E-state index is 12.4. The molecule has 0 saturated carbocycles. The monoisotopic (exact) mass is 258 g/mol. The molecule has 86 valence electrons. The molecular formula is C8H9F3O2S2. The quantitative estimate of drug-likeness (QED) is 0.760. The number of thioether (sulfide) groups is 2. The van der Waals surface area contributed by atoms with Gasteiger partial charge in [-0.15, -0.1) is 0 Å². The zero-order valence-corrected chi connectivity index (χ0v) is 9.90. The Morgan fingerprint density at radius 2 is 1.33 bits per heavy atom. The largest absolute Gasteiger partial charge is 0.423 e. The van der Waals surface area contributed by atoms with E-state index in [-0.39, 0.29) is 16.7 Å². The molecule has 0 aliphatic heterocycles. The van der Waals surface area contributed by atoms with E-state index in [1.54, 1.807) is 0 Å². The summed E-state index contributed by atoms with van der Waals surface area (Å²) in [6.07, 6.45) is -4.59. The Morgan fingerprint density at radius 3 is 1.60 bits per heavy atom. The van der Waals surface area contributed by atoms with Gasteiger partial charge < -0.3 is 0 Å². The highest BCUT2D eigenvalue weighted by molar-refractivity contribution is 8.20. The van der Waals surface area contributed by atoms with Crippen LogP contribution in [0.25, 0.3) is 0 Å². The average Bonchev–Trinajstić information content (AvgIpc) is 1.95. The molecule has 0 bridgehead atoms. The SMILES string of the molecule is CC(=O)S/C(C)=C(/SC(C)=O)C(F)(F)F. The highest BCUT2D eigenvalue weighted by Gasteiger charge is 2.37. The van der Waals surface area contributed by atoms with Gasteiger partial charge in [0.05, 0.1) is 0 Å². The van der Waals surface area contributed by atoms with E-state index in [1.165, 1.54) is 13.8 Å². The maximum Gasteiger partial charge on any atom is 0.423 e. The topological polar surface area (TPSA) is 34.1 Å². The fourth-order valence-electron chi connectivity index (χ4n) is 0.735. The molecule has 0 aliphatic carbocycles. The average molecular weight is 258 g/mol. The fourth-order valence-corrected chi connectivity index (χ4v) is 2.17. The Kier molecular flexibility index (Phi) is 5.44. The highest BCUT2D eigenvalue weighted by atomic mass is 32.2. The second-order valence-electron chi connectivity index (χ2n) is 2.57. The lowest BCUT2D eigenvalue weighted by molar-refractivity contribution is -0.110. The van der Waals surface area contributed by atoms with Crippen LogP contribution in [0.5, 0.6) is 0 Å². The Hall–Kier alpha value is -0.430. The molecule has 0 radical (unpaired) electrons. The first kappa shape index (κ1) is 14.6. The lowest BCUT2D eigenvalue weighted by Gasteiger charge is -2.12. The second-order valence-corrected chi connectivity index (χ2v) is 5.15. The molecule has 0 fully saturated rings. The Morgan fingerprint density at radius 1 is 0.933 bits per heavy atom. The molecule has 0 unspecified atom stereocenters. The van der Waals surface area contributed by atoms with Crippen LogP contribution >= 0.6 is 23.5 Å². The molecule has 0 N–H and O–H groups in total. The smallest absolute Gasteiger partial charge is 0.287 e. The number of hydrogen-bond acceptors (Lipinski definition) is 4. The number of allylic oxidation sites excluding steroid dienone is 2. The molecule has 7 heteroatoms. The van der Waals surface area contributed by atoms with Crippen LogP contribution < -0.4 is 0 Å². The summed E-state index contributed by atoms with van der Waals surface area (Å²) in [5, 5.41) is -1.11. The van der Waals surface area contributed by atoms with Crippen molar-refractivity contribution in [3.63, 3.8) is 0 Å². The predicted octanol–water partition coefficient (Wildman–Crippen LogP) is 3.34. The molecule has 2 nitrogen and oxygen atoms in total. The van der Waals surface area contributed by atoms with E-state index in [9.17, 15) is 22.8 Å². The van der Waals surface area contributed by atoms with Crippen molar-refractivity contribution in [1.29, 1.82) is 0 Å². The number of halogens is 3. The van der Waals surface area contributed by atoms with Gasteiger partial charge in [0, 0.05) is 18.8 Å². The van der Waals surface area contributed by atoms with Crippen LogP contribution in [0.1, 0.15) is 20.8 Å². The van der Waals surface area contributed by atoms with Crippen molar-refractivity contribution in [3.8, 4) is 0 Å². The number of alkyl halides is 3. The van der Waals surface area contributed by atoms with Gasteiger partial charge in [0.15, 0.2) is 10.2 Å². The molecule has 0 aromatic carbocycles. The minimum absolute atomic E-state index is 0.0993. The summed E-state index contributed by atoms with van der Waals surface area (Å²) in [6.45, 7) is 3.38. The lowest BCUT2D eigenvalue weighted by Crippen LogP contribution is -2.12. The third kappa shape index (κ3) is 5.88. The molecule has 0 spiro atoms. The summed E-state index contributed by atoms with van der Waals surface area (Å²) in [4.78, 5) is 20.0. The van der Waals surface area contributed by atoms with Gasteiger partial charge in [-0.1, -0.05) is 11.8 Å². The van der Waals surface area contributed by atoms with E-state index in [0.29, 0.717) is 11.8 Å². The van der Waals surface area contributed by atoms with Crippen LogP contribution in [0.3, 0.4) is 0 Å². The molecule has 0 aromatic rings. The molecule has 0 heterocycles. The van der Waals surface area contributed by atoms with E-state index in [0.717, 1.165) is 6.92 Å². The van der Waals surface area contributed by atoms with Crippen molar-refractivity contribution in [3.05, 3.63) is 9.81 Å². The molecule has 0 saturated heterocycles. The van der Waals surface area contributed by atoms with Crippen LogP contribution in [0.15, 0.2) is 9.81 Å². The number of carbonyl (C=O) groups is 2. The summed E-state index contributed by atoms with van der Waals surface area (Å²) < 4.78 is 37.3. The van der Waals surface area contributed by atoms with E-state index >= 15 is 0 Å². The predicted molar refractivity (Wildman–Crippen MR) is 55.3 cm³/mol. The summed E-state index contributed by atoms with van der Waals surface area (Å²) >= 11 is 0.578. The summed E-state index contributed by atoms with van der Waals surface area (Å²) in [5.74, 6) is 0. The normalized spacial score (nSPS) is 13.5. The second kappa shape index (κ2) is 5.60. The zero-order valence-electron chi connectivity index (χ0n) is 8.27. The third-order valence-corrected chi connectivity index (χ3v) is 3.08. The summed E-state index contributed by atoms with van der Waals surface area (Å²) in [5.41, 5.74) is 0. The van der Waals surface area contributed by atoms with Crippen molar-refractivity contribution in [2.24, 2.45) is 0 Å². The molecular weight excluding hydrogens is 249 g/mol. The maximum atomic E-state index is 12.4. The summed E-state index contributed by atoms with van der Waals surface area (Å²) in [7, 11) is 0. The van der Waals surface area contributed by atoms with Gasteiger partial charge in [0.2, 0.25) is 0 Å². The van der Waals surface area contributed by atoms with Crippen molar-refractivity contribution >= 4 is 33.8 Å². The fraction of sp³-hybridized carbons (Fsp3) is 0.500. The molecule has 15 heavy (non-hydrogen) atoms. The van der Waals surface area contributed by atoms with Crippen LogP contribution in [-0.2, 0) is 9.59 Å². The number of hydrogen-bond donors (Lipinski definition) is 0. The van der Waals surface area contributed by atoms with Crippen LogP contribution in [0.2, 0.25) is 0 Å². The van der Waals surface area contributed by atoms with Gasteiger partial charge >= 0.3 is 6.18 Å². The van der Waals surface area contributed by atoms with Gasteiger partial charge in [-0.05, 0) is 18.7 Å². The standard InChI is InChI=1S/C8H9F3O2S2/c1-4(14-5(2)12)7(8(9,10)11)15-6(3)13/h1-3H3/b7-4+. The van der Waals surface area contributed by atoms with E-state index in [4.69, 9.17) is 0 Å². The van der Waals surface area contributed by atoms with Crippen molar-refractivity contribution in [1.82, 2.24) is 0 Å². The minimum Gasteiger partial charge on any atom is -0.287 e. The van der Waals surface area contributed by atoms with Crippen molar-refractivity contribution in [2.45, 2.75) is 26.9 Å². The molecule has 0 amide bonds. The molecule has 0 aliphatic rings. The first-order chi connectivity index (χ1) is 6.64. The Labute approximate surface area is 93.7 Å². The van der Waals surface area contributed by atoms with E-state index in [1.807, 2.05) is 0 Å². The van der Waals surface area contributed by atoms with Gasteiger partial charge in [-0.3, -0.25) is 9.59 Å².